The van der Waals surface area contributed by atoms with E-state index in [1.165, 1.54) is 12.1 Å². The minimum absolute atomic E-state index is 0.0441. The molecule has 16 heavy (non-hydrogen) atoms. The SMILES string of the molecule is Fc1c(Br)cccc1C(F)(F)[C@H]1CCCO1. The van der Waals surface area contributed by atoms with Crippen LogP contribution in [0.3, 0.4) is 0 Å². The van der Waals surface area contributed by atoms with Crippen LogP contribution in [0.1, 0.15) is 18.4 Å². The fourth-order valence-corrected chi connectivity index (χ4v) is 2.16. The molecule has 5 heteroatoms. The molecule has 0 saturated carbocycles. The molecule has 0 aromatic heterocycles. The lowest BCUT2D eigenvalue weighted by atomic mass is 10.0. The number of benzene rings is 1. The molecule has 0 bridgehead atoms. The second kappa shape index (κ2) is 4.37. The smallest absolute Gasteiger partial charge is 0.301 e. The molecule has 0 amide bonds. The summed E-state index contributed by atoms with van der Waals surface area (Å²) in [7, 11) is 0. The Morgan fingerprint density at radius 3 is 2.75 bits per heavy atom. The number of hydrogen-bond acceptors (Lipinski definition) is 1. The Morgan fingerprint density at radius 2 is 2.12 bits per heavy atom. The third-order valence-corrected chi connectivity index (χ3v) is 3.26. The van der Waals surface area contributed by atoms with Crippen LogP contribution < -0.4 is 0 Å². The Morgan fingerprint density at radius 1 is 1.38 bits per heavy atom. The second-order valence-corrected chi connectivity index (χ2v) is 4.58. The van der Waals surface area contributed by atoms with Crippen molar-refractivity contribution in [3.05, 3.63) is 34.1 Å². The molecular weight excluding hydrogens is 285 g/mol. The van der Waals surface area contributed by atoms with E-state index in [0.717, 1.165) is 6.07 Å². The van der Waals surface area contributed by atoms with Crippen LogP contribution in [0, 0.1) is 5.82 Å². The van der Waals surface area contributed by atoms with Crippen LogP contribution in [0.15, 0.2) is 22.7 Å². The quantitative estimate of drug-likeness (QED) is 0.805. The van der Waals surface area contributed by atoms with Crippen LogP contribution in [-0.2, 0) is 10.7 Å². The minimum atomic E-state index is -3.27. The summed E-state index contributed by atoms with van der Waals surface area (Å²) in [5, 5.41) is 0. The van der Waals surface area contributed by atoms with E-state index in [2.05, 4.69) is 15.9 Å². The molecule has 1 fully saturated rings. The highest BCUT2D eigenvalue weighted by Crippen LogP contribution is 2.40. The van der Waals surface area contributed by atoms with Crippen molar-refractivity contribution in [3.63, 3.8) is 0 Å². The molecule has 1 atom stereocenters. The van der Waals surface area contributed by atoms with Crippen molar-refractivity contribution in [2.75, 3.05) is 6.61 Å². The standard InChI is InChI=1S/C11H10BrF3O/c12-8-4-1-3-7(10(8)13)11(14,15)9-5-2-6-16-9/h1,3-4,9H,2,5-6H2/t9-/m1/s1. The first-order chi connectivity index (χ1) is 7.53. The summed E-state index contributed by atoms with van der Waals surface area (Å²) in [5.74, 6) is -4.19. The summed E-state index contributed by atoms with van der Waals surface area (Å²) in [6.45, 7) is 0.315. The molecular formula is C11H10BrF3O. The molecule has 1 saturated heterocycles. The van der Waals surface area contributed by atoms with E-state index in [1.54, 1.807) is 0 Å². The minimum Gasteiger partial charge on any atom is -0.372 e. The van der Waals surface area contributed by atoms with Crippen LogP contribution in [0.25, 0.3) is 0 Å². The van der Waals surface area contributed by atoms with Crippen LogP contribution in [0.4, 0.5) is 13.2 Å². The third kappa shape index (κ3) is 1.98. The molecule has 0 unspecified atom stereocenters. The lowest BCUT2D eigenvalue weighted by molar-refractivity contribution is -0.124. The average molecular weight is 295 g/mol. The van der Waals surface area contributed by atoms with Gasteiger partial charge in [-0.3, -0.25) is 0 Å². The van der Waals surface area contributed by atoms with Crippen molar-refractivity contribution in [1.82, 2.24) is 0 Å². The van der Waals surface area contributed by atoms with E-state index in [9.17, 15) is 13.2 Å². The maximum Gasteiger partial charge on any atom is 0.301 e. The largest absolute Gasteiger partial charge is 0.372 e. The van der Waals surface area contributed by atoms with E-state index in [-0.39, 0.29) is 10.9 Å². The molecule has 1 nitrogen and oxygen atoms in total. The van der Waals surface area contributed by atoms with Gasteiger partial charge in [0.1, 0.15) is 11.9 Å². The zero-order valence-electron chi connectivity index (χ0n) is 8.35. The molecule has 0 aliphatic carbocycles. The number of halogens is 4. The van der Waals surface area contributed by atoms with Crippen molar-refractivity contribution < 1.29 is 17.9 Å². The summed E-state index contributed by atoms with van der Waals surface area (Å²) in [6, 6.07) is 3.89. The first-order valence-electron chi connectivity index (χ1n) is 4.97. The fourth-order valence-electron chi connectivity index (χ4n) is 1.80. The van der Waals surface area contributed by atoms with Gasteiger partial charge in [0.25, 0.3) is 0 Å². The van der Waals surface area contributed by atoms with E-state index >= 15 is 0 Å². The number of hydrogen-bond donors (Lipinski definition) is 0. The van der Waals surface area contributed by atoms with E-state index in [4.69, 9.17) is 4.74 Å². The highest BCUT2D eigenvalue weighted by molar-refractivity contribution is 9.10. The zero-order chi connectivity index (χ0) is 11.8. The highest BCUT2D eigenvalue weighted by atomic mass is 79.9. The van der Waals surface area contributed by atoms with Crippen molar-refractivity contribution in [2.45, 2.75) is 24.9 Å². The molecule has 1 heterocycles. The predicted molar refractivity (Wildman–Crippen MR) is 57.0 cm³/mol. The number of rotatable bonds is 2. The van der Waals surface area contributed by atoms with Gasteiger partial charge in [-0.25, -0.2) is 4.39 Å². The van der Waals surface area contributed by atoms with Crippen LogP contribution >= 0.6 is 15.9 Å². The van der Waals surface area contributed by atoms with E-state index < -0.39 is 23.4 Å². The molecule has 1 aliphatic heterocycles. The third-order valence-electron chi connectivity index (χ3n) is 2.64. The zero-order valence-corrected chi connectivity index (χ0v) is 9.94. The molecule has 0 spiro atoms. The van der Waals surface area contributed by atoms with Gasteiger partial charge in [0, 0.05) is 6.61 Å². The van der Waals surface area contributed by atoms with Crippen LogP contribution in [-0.4, -0.2) is 12.7 Å². The Hall–Kier alpha value is -0.550. The lowest BCUT2D eigenvalue weighted by Crippen LogP contribution is -2.31. The molecule has 1 aromatic rings. The average Bonchev–Trinajstić information content (AvgIpc) is 2.75. The van der Waals surface area contributed by atoms with Gasteiger partial charge in [-0.15, -0.1) is 0 Å². The summed E-state index contributed by atoms with van der Waals surface area (Å²) >= 11 is 2.90. The number of alkyl halides is 2. The maximum absolute atomic E-state index is 13.9. The second-order valence-electron chi connectivity index (χ2n) is 3.73. The maximum atomic E-state index is 13.9. The van der Waals surface area contributed by atoms with E-state index in [0.29, 0.717) is 13.0 Å². The fraction of sp³-hybridized carbons (Fsp3) is 0.455. The van der Waals surface area contributed by atoms with Gasteiger partial charge in [-0.2, -0.15) is 8.78 Å². The molecule has 0 radical (unpaired) electrons. The van der Waals surface area contributed by atoms with Gasteiger partial charge in [0.05, 0.1) is 10.0 Å². The summed E-state index contributed by atoms with van der Waals surface area (Å²) in [6.07, 6.45) is -0.356. The van der Waals surface area contributed by atoms with Gasteiger partial charge < -0.3 is 4.74 Å². The van der Waals surface area contributed by atoms with Crippen molar-refractivity contribution in [2.24, 2.45) is 0 Å². The monoisotopic (exact) mass is 294 g/mol. The van der Waals surface area contributed by atoms with Crippen molar-refractivity contribution in [3.8, 4) is 0 Å². The lowest BCUT2D eigenvalue weighted by Gasteiger charge is -2.23. The van der Waals surface area contributed by atoms with Crippen LogP contribution in [0.5, 0.6) is 0 Å². The Balaban J connectivity index is 2.38. The Labute approximate surface area is 99.7 Å². The summed E-state index contributed by atoms with van der Waals surface area (Å²) < 4.78 is 46.4. The first-order valence-corrected chi connectivity index (χ1v) is 5.76. The normalized spacial score (nSPS) is 21.4. The van der Waals surface area contributed by atoms with Gasteiger partial charge >= 0.3 is 5.92 Å². The Bertz CT molecular complexity index is 389. The molecule has 1 aromatic carbocycles. The summed E-state index contributed by atoms with van der Waals surface area (Å²) in [4.78, 5) is 0. The first kappa shape index (κ1) is 11.9. The number of ether oxygens (including phenoxy) is 1. The van der Waals surface area contributed by atoms with Crippen molar-refractivity contribution in [1.29, 1.82) is 0 Å². The van der Waals surface area contributed by atoms with Crippen LogP contribution in [0.2, 0.25) is 0 Å². The predicted octanol–water partition coefficient (Wildman–Crippen LogP) is 3.86. The topological polar surface area (TPSA) is 9.23 Å². The molecule has 2 rings (SSSR count). The molecule has 88 valence electrons. The highest BCUT2D eigenvalue weighted by Gasteiger charge is 2.45. The van der Waals surface area contributed by atoms with Gasteiger partial charge in [0.15, 0.2) is 0 Å². The van der Waals surface area contributed by atoms with Gasteiger partial charge in [-0.05, 0) is 40.9 Å². The molecule has 1 aliphatic rings. The van der Waals surface area contributed by atoms with E-state index in [1.807, 2.05) is 0 Å². The summed E-state index contributed by atoms with van der Waals surface area (Å²) in [5.41, 5.74) is -0.603. The van der Waals surface area contributed by atoms with Crippen molar-refractivity contribution >= 4 is 15.9 Å². The molecule has 0 N–H and O–H groups in total. The Kier molecular flexibility index (Phi) is 3.26. The van der Waals surface area contributed by atoms with Gasteiger partial charge in [-0.1, -0.05) is 6.07 Å². The van der Waals surface area contributed by atoms with Gasteiger partial charge in [0.2, 0.25) is 0 Å².